The molecule has 28 heavy (non-hydrogen) atoms. The highest BCUT2D eigenvalue weighted by Crippen LogP contribution is 2.23. The van der Waals surface area contributed by atoms with Crippen molar-refractivity contribution in [3.8, 4) is 0 Å². The van der Waals surface area contributed by atoms with Gasteiger partial charge in [0.1, 0.15) is 12.1 Å². The van der Waals surface area contributed by atoms with Gasteiger partial charge in [-0.3, -0.25) is 9.59 Å². The van der Waals surface area contributed by atoms with Gasteiger partial charge in [0.25, 0.3) is 5.56 Å². The van der Waals surface area contributed by atoms with Crippen LogP contribution >= 0.6 is 0 Å². The molecule has 0 saturated carbocycles. The lowest BCUT2D eigenvalue weighted by Crippen LogP contribution is -2.37. The lowest BCUT2D eigenvalue weighted by atomic mass is 10.1. The van der Waals surface area contributed by atoms with Crippen molar-refractivity contribution in [1.29, 1.82) is 0 Å². The number of aryl methyl sites for hydroxylation is 2. The summed E-state index contributed by atoms with van der Waals surface area (Å²) in [7, 11) is 0. The van der Waals surface area contributed by atoms with Gasteiger partial charge >= 0.3 is 0 Å². The fourth-order valence-electron chi connectivity index (χ4n) is 3.56. The van der Waals surface area contributed by atoms with E-state index >= 15 is 0 Å². The number of carbonyl (C=O) groups is 1. The standard InChI is InChI=1S/C22H22N4O2/c1-4-25(16-7-5-6-14(2)10-16)20(27)13-26-22(28)21-18(12-23-26)17-11-15(3)8-9-19(17)24-21/h5-12,24H,4,13H2,1-3H3. The number of amides is 1. The predicted molar refractivity (Wildman–Crippen MR) is 112 cm³/mol. The molecule has 142 valence electrons. The number of hydrogen-bond donors (Lipinski definition) is 1. The number of aromatic amines is 1. The van der Waals surface area contributed by atoms with Crippen LogP contribution in [0, 0.1) is 13.8 Å². The van der Waals surface area contributed by atoms with Gasteiger partial charge in [-0.05, 0) is 50.6 Å². The smallest absolute Gasteiger partial charge is 0.291 e. The van der Waals surface area contributed by atoms with E-state index in [1.54, 1.807) is 11.1 Å². The van der Waals surface area contributed by atoms with Gasteiger partial charge in [0, 0.05) is 28.5 Å². The first-order chi connectivity index (χ1) is 13.5. The molecule has 6 nitrogen and oxygen atoms in total. The zero-order valence-electron chi connectivity index (χ0n) is 16.2. The van der Waals surface area contributed by atoms with E-state index in [0.717, 1.165) is 33.1 Å². The first-order valence-electron chi connectivity index (χ1n) is 9.33. The van der Waals surface area contributed by atoms with E-state index < -0.39 is 0 Å². The fraction of sp³-hybridized carbons (Fsp3) is 0.227. The minimum Gasteiger partial charge on any atom is -0.350 e. The molecule has 0 unspecified atom stereocenters. The number of H-pyrrole nitrogens is 1. The Balaban J connectivity index is 1.71. The zero-order valence-corrected chi connectivity index (χ0v) is 16.2. The molecule has 0 saturated heterocycles. The summed E-state index contributed by atoms with van der Waals surface area (Å²) in [5.74, 6) is -0.172. The molecule has 1 N–H and O–H groups in total. The molecule has 0 aliphatic carbocycles. The average Bonchev–Trinajstić information content (AvgIpc) is 3.03. The maximum atomic E-state index is 12.9. The van der Waals surface area contributed by atoms with Crippen molar-refractivity contribution < 1.29 is 4.79 Å². The van der Waals surface area contributed by atoms with Crippen LogP contribution in [0.4, 0.5) is 5.69 Å². The van der Waals surface area contributed by atoms with Crippen LogP contribution in [0.5, 0.6) is 0 Å². The summed E-state index contributed by atoms with van der Waals surface area (Å²) in [6, 6.07) is 13.7. The lowest BCUT2D eigenvalue weighted by molar-refractivity contribution is -0.119. The Kier molecular flexibility index (Phi) is 4.47. The van der Waals surface area contributed by atoms with Crippen LogP contribution in [-0.2, 0) is 11.3 Å². The molecule has 0 radical (unpaired) electrons. The fourth-order valence-corrected chi connectivity index (χ4v) is 3.56. The number of likely N-dealkylation sites (N-methyl/N-ethyl adjacent to an activating group) is 1. The number of fused-ring (bicyclic) bond motifs is 3. The van der Waals surface area contributed by atoms with Gasteiger partial charge in [-0.15, -0.1) is 0 Å². The highest BCUT2D eigenvalue weighted by atomic mass is 16.2. The lowest BCUT2D eigenvalue weighted by Gasteiger charge is -2.21. The van der Waals surface area contributed by atoms with E-state index in [9.17, 15) is 9.59 Å². The summed E-state index contributed by atoms with van der Waals surface area (Å²) in [5.41, 5.74) is 4.08. The molecule has 1 amide bonds. The quantitative estimate of drug-likeness (QED) is 0.594. The Hall–Kier alpha value is -3.41. The van der Waals surface area contributed by atoms with Gasteiger partial charge in [-0.25, -0.2) is 4.68 Å². The van der Waals surface area contributed by atoms with Gasteiger partial charge in [0.2, 0.25) is 5.91 Å². The summed E-state index contributed by atoms with van der Waals surface area (Å²) in [6.45, 7) is 6.32. The summed E-state index contributed by atoms with van der Waals surface area (Å²) in [4.78, 5) is 30.6. The monoisotopic (exact) mass is 374 g/mol. The first kappa shape index (κ1) is 18.0. The Morgan fingerprint density at radius 1 is 1.11 bits per heavy atom. The molecular formula is C22H22N4O2. The van der Waals surface area contributed by atoms with Crippen LogP contribution in [-0.4, -0.2) is 27.2 Å². The van der Waals surface area contributed by atoms with Crippen LogP contribution in [0.1, 0.15) is 18.1 Å². The summed E-state index contributed by atoms with van der Waals surface area (Å²) >= 11 is 0. The molecule has 2 aromatic carbocycles. The van der Waals surface area contributed by atoms with Gasteiger partial charge in [0.05, 0.1) is 6.20 Å². The SMILES string of the molecule is CCN(C(=O)Cn1ncc2c([nH]c3ccc(C)cc32)c1=O)c1cccc(C)c1. The number of carbonyl (C=O) groups excluding carboxylic acids is 1. The van der Waals surface area contributed by atoms with Gasteiger partial charge in [0.15, 0.2) is 0 Å². The second-order valence-corrected chi connectivity index (χ2v) is 7.05. The zero-order chi connectivity index (χ0) is 19.8. The van der Waals surface area contributed by atoms with Crippen LogP contribution in [0.15, 0.2) is 53.5 Å². The summed E-state index contributed by atoms with van der Waals surface area (Å²) in [6.07, 6.45) is 1.66. The highest BCUT2D eigenvalue weighted by molar-refractivity contribution is 6.06. The Bertz CT molecular complexity index is 1250. The van der Waals surface area contributed by atoms with Crippen LogP contribution < -0.4 is 10.5 Å². The Morgan fingerprint density at radius 3 is 2.64 bits per heavy atom. The molecule has 0 spiro atoms. The minimum atomic E-state index is -0.292. The molecule has 0 fully saturated rings. The third-order valence-corrected chi connectivity index (χ3v) is 4.98. The number of aromatic nitrogens is 3. The number of nitrogens with zero attached hydrogens (tertiary/aromatic N) is 3. The molecule has 4 aromatic rings. The topological polar surface area (TPSA) is 71.0 Å². The third-order valence-electron chi connectivity index (χ3n) is 4.98. The van der Waals surface area contributed by atoms with E-state index in [-0.39, 0.29) is 18.0 Å². The third kappa shape index (κ3) is 3.07. The highest BCUT2D eigenvalue weighted by Gasteiger charge is 2.17. The van der Waals surface area contributed by atoms with Crippen LogP contribution in [0.2, 0.25) is 0 Å². The van der Waals surface area contributed by atoms with Gasteiger partial charge in [-0.1, -0.05) is 23.8 Å². The molecule has 2 aromatic heterocycles. The van der Waals surface area contributed by atoms with Crippen molar-refractivity contribution in [2.75, 3.05) is 11.4 Å². The second-order valence-electron chi connectivity index (χ2n) is 7.05. The number of rotatable bonds is 4. The molecule has 2 heterocycles. The van der Waals surface area contributed by atoms with Crippen LogP contribution in [0.3, 0.4) is 0 Å². The number of anilines is 1. The van der Waals surface area contributed by atoms with Crippen molar-refractivity contribution in [2.45, 2.75) is 27.3 Å². The molecule has 0 aliphatic rings. The van der Waals surface area contributed by atoms with E-state index in [0.29, 0.717) is 12.1 Å². The van der Waals surface area contributed by atoms with E-state index in [2.05, 4.69) is 10.1 Å². The average molecular weight is 374 g/mol. The maximum absolute atomic E-state index is 12.9. The summed E-state index contributed by atoms with van der Waals surface area (Å²) < 4.78 is 1.23. The van der Waals surface area contributed by atoms with Crippen molar-refractivity contribution in [1.82, 2.24) is 14.8 Å². The first-order valence-corrected chi connectivity index (χ1v) is 9.33. The van der Waals surface area contributed by atoms with E-state index in [4.69, 9.17) is 0 Å². The van der Waals surface area contributed by atoms with E-state index in [1.807, 2.05) is 63.2 Å². The Labute approximate surface area is 162 Å². The summed E-state index contributed by atoms with van der Waals surface area (Å²) in [5, 5.41) is 6.01. The second kappa shape index (κ2) is 6.96. The molecular weight excluding hydrogens is 352 g/mol. The van der Waals surface area contributed by atoms with Crippen molar-refractivity contribution in [2.24, 2.45) is 0 Å². The van der Waals surface area contributed by atoms with Crippen LogP contribution in [0.25, 0.3) is 21.8 Å². The van der Waals surface area contributed by atoms with Crippen molar-refractivity contribution >= 4 is 33.4 Å². The van der Waals surface area contributed by atoms with Crippen molar-refractivity contribution in [3.05, 3.63) is 70.1 Å². The molecule has 6 heteroatoms. The number of benzene rings is 2. The minimum absolute atomic E-state index is 0.106. The Morgan fingerprint density at radius 2 is 1.89 bits per heavy atom. The van der Waals surface area contributed by atoms with Crippen molar-refractivity contribution in [3.63, 3.8) is 0 Å². The number of nitrogens with one attached hydrogen (secondary N) is 1. The van der Waals surface area contributed by atoms with Gasteiger partial charge < -0.3 is 9.88 Å². The maximum Gasteiger partial charge on any atom is 0.291 e. The van der Waals surface area contributed by atoms with Gasteiger partial charge in [-0.2, -0.15) is 5.10 Å². The largest absolute Gasteiger partial charge is 0.350 e. The molecule has 0 atom stereocenters. The number of hydrogen-bond acceptors (Lipinski definition) is 3. The molecule has 0 aliphatic heterocycles. The molecule has 4 rings (SSSR count). The van der Waals surface area contributed by atoms with E-state index in [1.165, 1.54) is 4.68 Å². The normalized spacial score (nSPS) is 11.2. The molecule has 0 bridgehead atoms. The predicted octanol–water partition coefficient (Wildman–Crippen LogP) is 3.55.